The lowest BCUT2D eigenvalue weighted by Gasteiger charge is -2.32. The molecule has 0 aliphatic carbocycles. The van der Waals surface area contributed by atoms with E-state index in [0.717, 1.165) is 31.6 Å². The molecule has 2 atom stereocenters. The minimum Gasteiger partial charge on any atom is -0.481 e. The molecule has 1 saturated heterocycles. The first-order valence-electron chi connectivity index (χ1n) is 7.67. The topological polar surface area (TPSA) is 60.5 Å². The number of ether oxygens (including phenoxy) is 2. The van der Waals surface area contributed by atoms with Gasteiger partial charge in [0.2, 0.25) is 5.88 Å². The molecule has 6 heteroatoms. The fourth-order valence-electron chi connectivity index (χ4n) is 2.47. The van der Waals surface area contributed by atoms with Crippen LogP contribution in [0.3, 0.4) is 0 Å². The van der Waals surface area contributed by atoms with Crippen molar-refractivity contribution in [2.75, 3.05) is 20.3 Å². The average molecular weight is 326 g/mol. The Bertz CT molecular complexity index is 493. The van der Waals surface area contributed by atoms with Crippen LogP contribution in [0.4, 0.5) is 0 Å². The van der Waals surface area contributed by atoms with Gasteiger partial charge in [-0.2, -0.15) is 0 Å². The van der Waals surface area contributed by atoms with E-state index in [1.807, 2.05) is 39.1 Å². The van der Waals surface area contributed by atoms with Crippen molar-refractivity contribution in [1.82, 2.24) is 9.71 Å². The Balaban J connectivity index is 2.21. The summed E-state index contributed by atoms with van der Waals surface area (Å²) in [4.78, 5) is 4.29. The van der Waals surface area contributed by atoms with Gasteiger partial charge in [-0.1, -0.05) is 6.07 Å². The smallest absolute Gasteiger partial charge is 0.212 e. The molecular formula is C16H26N2O3S. The molecule has 0 bridgehead atoms. The molecule has 0 amide bonds. The van der Waals surface area contributed by atoms with Crippen LogP contribution in [0.5, 0.6) is 5.88 Å². The van der Waals surface area contributed by atoms with Crippen LogP contribution in [0.15, 0.2) is 18.3 Å². The van der Waals surface area contributed by atoms with E-state index < -0.39 is 11.0 Å². The zero-order valence-corrected chi connectivity index (χ0v) is 14.6. The number of hydrogen-bond acceptors (Lipinski definition) is 4. The summed E-state index contributed by atoms with van der Waals surface area (Å²) >= 11 is 0. The SMILES string of the molecule is COc1ccc(C(N[S@](=O)C(C)(C)C)C2CCOCC2)cn1. The molecule has 1 aliphatic heterocycles. The average Bonchev–Trinajstić information content (AvgIpc) is 2.52. The second-order valence-corrected chi connectivity index (χ2v) is 8.56. The first-order valence-corrected chi connectivity index (χ1v) is 8.82. The number of aromatic nitrogens is 1. The fourth-order valence-corrected chi connectivity index (χ4v) is 3.39. The minimum atomic E-state index is -1.13. The van der Waals surface area contributed by atoms with Gasteiger partial charge in [-0.15, -0.1) is 0 Å². The lowest BCUT2D eigenvalue weighted by molar-refractivity contribution is 0.0565. The van der Waals surface area contributed by atoms with Crippen LogP contribution in [0.1, 0.15) is 45.2 Å². The van der Waals surface area contributed by atoms with Crippen molar-refractivity contribution in [2.24, 2.45) is 5.92 Å². The fraction of sp³-hybridized carbons (Fsp3) is 0.688. The third kappa shape index (κ3) is 4.51. The van der Waals surface area contributed by atoms with Gasteiger partial charge < -0.3 is 9.47 Å². The molecule has 0 spiro atoms. The predicted molar refractivity (Wildman–Crippen MR) is 88.1 cm³/mol. The summed E-state index contributed by atoms with van der Waals surface area (Å²) < 4.78 is 26.1. The Morgan fingerprint density at radius 3 is 2.55 bits per heavy atom. The third-order valence-electron chi connectivity index (χ3n) is 3.86. The van der Waals surface area contributed by atoms with Crippen molar-refractivity contribution in [1.29, 1.82) is 0 Å². The molecule has 5 nitrogen and oxygen atoms in total. The first kappa shape index (κ1) is 17.4. The Labute approximate surface area is 135 Å². The number of nitrogens with one attached hydrogen (secondary N) is 1. The summed E-state index contributed by atoms with van der Waals surface area (Å²) in [5.41, 5.74) is 1.05. The highest BCUT2D eigenvalue weighted by Crippen LogP contribution is 2.31. The van der Waals surface area contributed by atoms with Crippen molar-refractivity contribution in [3.8, 4) is 5.88 Å². The number of methoxy groups -OCH3 is 1. The lowest BCUT2D eigenvalue weighted by Crippen LogP contribution is -2.39. The second kappa shape index (κ2) is 7.53. The molecule has 1 aliphatic rings. The van der Waals surface area contributed by atoms with Crippen LogP contribution in [0.2, 0.25) is 0 Å². The summed E-state index contributed by atoms with van der Waals surface area (Å²) in [5.74, 6) is 0.988. The molecule has 0 aromatic carbocycles. The van der Waals surface area contributed by atoms with Crippen molar-refractivity contribution in [3.05, 3.63) is 23.9 Å². The second-order valence-electron chi connectivity index (χ2n) is 6.56. The van der Waals surface area contributed by atoms with Gasteiger partial charge in [0.25, 0.3) is 0 Å². The van der Waals surface area contributed by atoms with Gasteiger partial charge >= 0.3 is 0 Å². The molecule has 2 rings (SSSR count). The van der Waals surface area contributed by atoms with Crippen LogP contribution >= 0.6 is 0 Å². The quantitative estimate of drug-likeness (QED) is 0.903. The van der Waals surface area contributed by atoms with E-state index in [-0.39, 0.29) is 10.8 Å². The Morgan fingerprint density at radius 2 is 2.05 bits per heavy atom. The zero-order chi connectivity index (χ0) is 16.2. The predicted octanol–water partition coefficient (Wildman–Crippen LogP) is 2.61. The number of nitrogens with zero attached hydrogens (tertiary/aromatic N) is 1. The minimum absolute atomic E-state index is 0.0161. The van der Waals surface area contributed by atoms with Gasteiger partial charge in [0.15, 0.2) is 0 Å². The maximum atomic E-state index is 12.5. The van der Waals surface area contributed by atoms with Crippen molar-refractivity contribution >= 4 is 11.0 Å². The number of rotatable bonds is 5. The van der Waals surface area contributed by atoms with Gasteiger partial charge in [0.05, 0.1) is 22.8 Å². The summed E-state index contributed by atoms with van der Waals surface area (Å²) in [6.45, 7) is 7.44. The van der Waals surface area contributed by atoms with Crippen LogP contribution < -0.4 is 9.46 Å². The van der Waals surface area contributed by atoms with E-state index in [1.54, 1.807) is 7.11 Å². The molecule has 1 N–H and O–H groups in total. The highest BCUT2D eigenvalue weighted by Gasteiger charge is 2.30. The van der Waals surface area contributed by atoms with Crippen LogP contribution in [0, 0.1) is 5.92 Å². The molecular weight excluding hydrogens is 300 g/mol. The molecule has 2 heterocycles. The zero-order valence-electron chi connectivity index (χ0n) is 13.8. The first-order chi connectivity index (χ1) is 10.4. The number of hydrogen-bond donors (Lipinski definition) is 1. The highest BCUT2D eigenvalue weighted by atomic mass is 32.2. The van der Waals surface area contributed by atoms with Crippen LogP contribution in [-0.4, -0.2) is 34.3 Å². The van der Waals surface area contributed by atoms with Gasteiger partial charge in [-0.3, -0.25) is 0 Å². The van der Waals surface area contributed by atoms with Gasteiger partial charge in [0, 0.05) is 31.5 Å². The molecule has 0 saturated carbocycles. The van der Waals surface area contributed by atoms with Crippen molar-refractivity contribution in [2.45, 2.75) is 44.4 Å². The van der Waals surface area contributed by atoms with E-state index in [2.05, 4.69) is 9.71 Å². The molecule has 124 valence electrons. The molecule has 1 fully saturated rings. The maximum absolute atomic E-state index is 12.5. The van der Waals surface area contributed by atoms with Gasteiger partial charge in [-0.05, 0) is 45.1 Å². The summed E-state index contributed by atoms with van der Waals surface area (Å²) in [7, 11) is 0.476. The molecule has 1 unspecified atom stereocenters. The van der Waals surface area contributed by atoms with Crippen LogP contribution in [0.25, 0.3) is 0 Å². The number of pyridine rings is 1. The molecule has 1 aromatic heterocycles. The normalized spacial score (nSPS) is 19.6. The highest BCUT2D eigenvalue weighted by molar-refractivity contribution is 7.84. The molecule has 0 radical (unpaired) electrons. The monoisotopic (exact) mass is 326 g/mol. The third-order valence-corrected chi connectivity index (χ3v) is 5.44. The maximum Gasteiger partial charge on any atom is 0.212 e. The van der Waals surface area contributed by atoms with Crippen LogP contribution in [-0.2, 0) is 15.7 Å². The van der Waals surface area contributed by atoms with Gasteiger partial charge in [0.1, 0.15) is 0 Å². The lowest BCUT2D eigenvalue weighted by atomic mass is 9.88. The van der Waals surface area contributed by atoms with Crippen molar-refractivity contribution < 1.29 is 13.7 Å². The summed E-state index contributed by atoms with van der Waals surface area (Å²) in [5, 5.41) is 0. The summed E-state index contributed by atoms with van der Waals surface area (Å²) in [6.07, 6.45) is 3.74. The van der Waals surface area contributed by atoms with E-state index in [0.29, 0.717) is 11.8 Å². The Kier molecular flexibility index (Phi) is 5.94. The Hall–Kier alpha value is -0.980. The molecule has 1 aromatic rings. The standard InChI is InChI=1S/C16H26N2O3S/c1-16(2,3)22(19)18-15(12-7-9-21-10-8-12)13-5-6-14(20-4)17-11-13/h5-6,11-12,15,18H,7-10H2,1-4H3/t15?,22-/m1/s1. The van der Waals surface area contributed by atoms with E-state index >= 15 is 0 Å². The van der Waals surface area contributed by atoms with Gasteiger partial charge in [-0.25, -0.2) is 13.9 Å². The van der Waals surface area contributed by atoms with E-state index in [9.17, 15) is 4.21 Å². The van der Waals surface area contributed by atoms with Crippen molar-refractivity contribution in [3.63, 3.8) is 0 Å². The van der Waals surface area contributed by atoms with E-state index in [1.165, 1.54) is 0 Å². The van der Waals surface area contributed by atoms with E-state index in [4.69, 9.17) is 9.47 Å². The summed E-state index contributed by atoms with van der Waals surface area (Å²) in [6, 6.07) is 3.87. The Morgan fingerprint density at radius 1 is 1.36 bits per heavy atom. The largest absolute Gasteiger partial charge is 0.481 e. The molecule has 22 heavy (non-hydrogen) atoms.